The SMILES string of the molecule is C1CCCC1.CC.CCCC(C1C=CC=C(F)C=C1)N(C(=O)CS)c1ccccc1.CNC=O. The first-order valence-electron chi connectivity index (χ1n) is 12.4. The molecule has 1 aromatic rings. The Morgan fingerprint density at radius 3 is 2.18 bits per heavy atom. The Labute approximate surface area is 211 Å². The second kappa shape index (κ2) is 21.2. The van der Waals surface area contributed by atoms with Crippen LogP contribution < -0.4 is 10.2 Å². The van der Waals surface area contributed by atoms with E-state index in [1.807, 2.05) is 56.3 Å². The zero-order valence-electron chi connectivity index (χ0n) is 21.3. The van der Waals surface area contributed by atoms with Gasteiger partial charge in [-0.05, 0) is 30.7 Å². The van der Waals surface area contributed by atoms with Crippen molar-refractivity contribution in [3.63, 3.8) is 0 Å². The minimum atomic E-state index is -0.272. The molecule has 34 heavy (non-hydrogen) atoms. The van der Waals surface area contributed by atoms with Crippen LogP contribution in [0, 0.1) is 5.92 Å². The predicted molar refractivity (Wildman–Crippen MR) is 147 cm³/mol. The average molecular weight is 491 g/mol. The van der Waals surface area contributed by atoms with Crippen LogP contribution in [0.5, 0.6) is 0 Å². The highest BCUT2D eigenvalue weighted by Gasteiger charge is 2.28. The Kier molecular flexibility index (Phi) is 19.8. The van der Waals surface area contributed by atoms with Crippen molar-refractivity contribution >= 4 is 30.6 Å². The number of anilines is 1. The summed E-state index contributed by atoms with van der Waals surface area (Å²) in [6.07, 6.45) is 18.3. The van der Waals surface area contributed by atoms with Gasteiger partial charge in [0.15, 0.2) is 0 Å². The summed E-state index contributed by atoms with van der Waals surface area (Å²) in [5, 5.41) is 2.25. The van der Waals surface area contributed by atoms with Gasteiger partial charge in [-0.15, -0.1) is 0 Å². The number of halogens is 1. The zero-order valence-corrected chi connectivity index (χ0v) is 22.1. The molecule has 4 nitrogen and oxygen atoms in total. The third-order valence-electron chi connectivity index (χ3n) is 5.23. The molecule has 2 unspecified atom stereocenters. The van der Waals surface area contributed by atoms with E-state index in [-0.39, 0.29) is 29.4 Å². The van der Waals surface area contributed by atoms with Gasteiger partial charge in [-0.2, -0.15) is 12.6 Å². The molecule has 2 aliphatic carbocycles. The summed E-state index contributed by atoms with van der Waals surface area (Å²) in [5.74, 6) is -0.214. The van der Waals surface area contributed by atoms with Crippen LogP contribution in [0.4, 0.5) is 10.1 Å². The smallest absolute Gasteiger partial charge is 0.236 e. The van der Waals surface area contributed by atoms with Crippen LogP contribution in [-0.4, -0.2) is 31.2 Å². The summed E-state index contributed by atoms with van der Waals surface area (Å²) < 4.78 is 13.4. The van der Waals surface area contributed by atoms with Crippen molar-refractivity contribution in [1.29, 1.82) is 0 Å². The van der Waals surface area contributed by atoms with Gasteiger partial charge in [0.25, 0.3) is 0 Å². The van der Waals surface area contributed by atoms with Crippen molar-refractivity contribution in [3.8, 4) is 0 Å². The molecule has 0 spiro atoms. The Morgan fingerprint density at radius 1 is 1.15 bits per heavy atom. The molecule has 190 valence electrons. The van der Waals surface area contributed by atoms with E-state index < -0.39 is 0 Å². The molecule has 1 fully saturated rings. The van der Waals surface area contributed by atoms with Gasteiger partial charge in [0.05, 0.1) is 5.75 Å². The number of hydrogen-bond donors (Lipinski definition) is 2. The molecule has 2 amide bonds. The van der Waals surface area contributed by atoms with Crippen LogP contribution >= 0.6 is 12.6 Å². The van der Waals surface area contributed by atoms with Gasteiger partial charge >= 0.3 is 0 Å². The van der Waals surface area contributed by atoms with Crippen LogP contribution in [0.15, 0.2) is 66.5 Å². The minimum Gasteiger partial charge on any atom is -0.362 e. The van der Waals surface area contributed by atoms with Crippen molar-refractivity contribution in [1.82, 2.24) is 5.32 Å². The van der Waals surface area contributed by atoms with Crippen LogP contribution in [0.1, 0.15) is 65.7 Å². The Bertz CT molecular complexity index is 738. The number of carbonyl (C=O) groups excluding carboxylic acids is 2. The fraction of sp³-hybridized carbons (Fsp3) is 0.500. The normalized spacial score (nSPS) is 16.6. The van der Waals surface area contributed by atoms with E-state index in [9.17, 15) is 9.18 Å². The van der Waals surface area contributed by atoms with E-state index in [4.69, 9.17) is 4.79 Å². The van der Waals surface area contributed by atoms with Gasteiger partial charge in [-0.25, -0.2) is 4.39 Å². The first-order valence-corrected chi connectivity index (χ1v) is 13.0. The standard InChI is InChI=1S/C19H22FNOS.C5H10.C2H5NO.C2H6/c1-2-7-18(15-8-6-9-16(20)13-12-15)21(19(22)14-23)17-10-4-3-5-11-17;1-2-4-5-3-1;1-3-2-4;1-2/h3-6,8-13,15,18,23H,2,7,14H2,1H3;1-5H2;2H,1H3,(H,3,4);1-2H3. The van der Waals surface area contributed by atoms with Gasteiger partial charge < -0.3 is 10.2 Å². The number of para-hydroxylation sites is 1. The lowest BCUT2D eigenvalue weighted by Gasteiger charge is -2.35. The number of benzene rings is 1. The first-order chi connectivity index (χ1) is 16.6. The van der Waals surface area contributed by atoms with Gasteiger partial charge in [-0.3, -0.25) is 9.59 Å². The molecule has 3 rings (SSSR count). The van der Waals surface area contributed by atoms with Gasteiger partial charge in [0.1, 0.15) is 5.83 Å². The Balaban J connectivity index is 0.000000820. The van der Waals surface area contributed by atoms with E-state index >= 15 is 0 Å². The van der Waals surface area contributed by atoms with Gasteiger partial charge in [-0.1, -0.05) is 95.7 Å². The molecule has 0 bridgehead atoms. The molecule has 0 aliphatic heterocycles. The summed E-state index contributed by atoms with van der Waals surface area (Å²) >= 11 is 4.17. The fourth-order valence-corrected chi connectivity index (χ4v) is 3.87. The van der Waals surface area contributed by atoms with E-state index in [0.29, 0.717) is 6.41 Å². The van der Waals surface area contributed by atoms with Gasteiger partial charge in [0, 0.05) is 24.7 Å². The minimum absolute atomic E-state index is 0.0384. The molecule has 0 aromatic heterocycles. The molecule has 6 heteroatoms. The van der Waals surface area contributed by atoms with Crippen molar-refractivity contribution < 1.29 is 14.0 Å². The van der Waals surface area contributed by atoms with Crippen LogP contribution in [-0.2, 0) is 9.59 Å². The van der Waals surface area contributed by atoms with E-state index in [0.717, 1.165) is 18.5 Å². The summed E-state index contributed by atoms with van der Waals surface area (Å²) in [6.45, 7) is 6.09. The predicted octanol–water partition coefficient (Wildman–Crippen LogP) is 7.05. The maximum atomic E-state index is 13.4. The summed E-state index contributed by atoms with van der Waals surface area (Å²) in [5.41, 5.74) is 0.851. The van der Waals surface area contributed by atoms with Crippen molar-refractivity contribution in [2.45, 2.75) is 71.8 Å². The first kappa shape index (κ1) is 31.7. The monoisotopic (exact) mass is 490 g/mol. The Hall–Kier alpha value is -2.34. The second-order valence-electron chi connectivity index (χ2n) is 7.66. The molecule has 1 aromatic carbocycles. The number of nitrogens with zero attached hydrogens (tertiary/aromatic N) is 1. The summed E-state index contributed by atoms with van der Waals surface area (Å²) in [7, 11) is 1.56. The number of thiol groups is 1. The molecular formula is C28H43FN2O2S. The van der Waals surface area contributed by atoms with Crippen LogP contribution in [0.25, 0.3) is 0 Å². The zero-order chi connectivity index (χ0) is 25.6. The highest BCUT2D eigenvalue weighted by atomic mass is 32.1. The highest BCUT2D eigenvalue weighted by molar-refractivity contribution is 7.81. The topological polar surface area (TPSA) is 49.4 Å². The largest absolute Gasteiger partial charge is 0.362 e. The lowest BCUT2D eigenvalue weighted by atomic mass is 9.92. The molecule has 1 saturated carbocycles. The quantitative estimate of drug-likeness (QED) is 0.318. The number of carbonyl (C=O) groups is 2. The van der Waals surface area contributed by atoms with Crippen molar-refractivity contribution in [3.05, 3.63) is 66.5 Å². The third kappa shape index (κ3) is 12.8. The molecule has 0 heterocycles. The van der Waals surface area contributed by atoms with Crippen LogP contribution in [0.3, 0.4) is 0 Å². The molecule has 0 saturated heterocycles. The van der Waals surface area contributed by atoms with E-state index in [2.05, 4.69) is 24.9 Å². The Morgan fingerprint density at radius 2 is 1.71 bits per heavy atom. The molecule has 1 N–H and O–H groups in total. The lowest BCUT2D eigenvalue weighted by Crippen LogP contribution is -2.44. The summed E-state index contributed by atoms with van der Waals surface area (Å²) in [6, 6.07) is 9.54. The lowest BCUT2D eigenvalue weighted by molar-refractivity contribution is -0.116. The average Bonchev–Trinajstić information content (AvgIpc) is 3.41. The van der Waals surface area contributed by atoms with Crippen LogP contribution in [0.2, 0.25) is 0 Å². The van der Waals surface area contributed by atoms with Crippen molar-refractivity contribution in [2.24, 2.45) is 5.92 Å². The number of nitrogens with one attached hydrogen (secondary N) is 1. The maximum absolute atomic E-state index is 13.4. The number of rotatable bonds is 7. The second-order valence-corrected chi connectivity index (χ2v) is 7.98. The number of hydrogen-bond acceptors (Lipinski definition) is 3. The van der Waals surface area contributed by atoms with E-state index in [1.165, 1.54) is 44.3 Å². The maximum Gasteiger partial charge on any atom is 0.236 e. The fourth-order valence-electron chi connectivity index (χ4n) is 3.71. The number of amides is 2. The molecule has 2 atom stereocenters. The molecular weight excluding hydrogens is 447 g/mol. The van der Waals surface area contributed by atoms with Gasteiger partial charge in [0.2, 0.25) is 12.3 Å². The van der Waals surface area contributed by atoms with Crippen molar-refractivity contribution in [2.75, 3.05) is 17.7 Å². The number of allylic oxidation sites excluding steroid dienone is 4. The highest BCUT2D eigenvalue weighted by Crippen LogP contribution is 2.28. The molecule has 0 radical (unpaired) electrons. The van der Waals surface area contributed by atoms with E-state index in [1.54, 1.807) is 18.0 Å². The third-order valence-corrected chi connectivity index (χ3v) is 5.50. The molecule has 2 aliphatic rings. The summed E-state index contributed by atoms with van der Waals surface area (Å²) in [4.78, 5) is 23.4.